The largest absolute Gasteiger partial charge is 0.378 e. The van der Waals surface area contributed by atoms with Gasteiger partial charge in [0.15, 0.2) is 5.13 Å². The van der Waals surface area contributed by atoms with E-state index in [0.717, 1.165) is 40.6 Å². The van der Waals surface area contributed by atoms with Crippen LogP contribution in [0.5, 0.6) is 0 Å². The van der Waals surface area contributed by atoms with Gasteiger partial charge in [0.25, 0.3) is 0 Å². The molecule has 1 saturated heterocycles. The molecule has 1 fully saturated rings. The molecular formula is C20H21FN4O4S2. The molecule has 1 aromatic heterocycles. The number of anilines is 2. The van der Waals surface area contributed by atoms with E-state index in [1.54, 1.807) is 18.2 Å². The number of ether oxygens (including phenoxy) is 1. The van der Waals surface area contributed by atoms with Gasteiger partial charge in [0.2, 0.25) is 15.9 Å². The zero-order valence-electron chi connectivity index (χ0n) is 16.7. The number of benzene rings is 2. The maximum atomic E-state index is 13.8. The first-order valence-electron chi connectivity index (χ1n) is 9.64. The Balaban J connectivity index is 1.45. The number of fused-ring (bicyclic) bond motifs is 1. The third kappa shape index (κ3) is 4.85. The van der Waals surface area contributed by atoms with E-state index in [-0.39, 0.29) is 0 Å². The van der Waals surface area contributed by atoms with Gasteiger partial charge in [-0.3, -0.25) is 4.79 Å². The number of carbonyl (C=O) groups excluding carboxylic acids is 1. The highest BCUT2D eigenvalue weighted by atomic mass is 32.2. The third-order valence-electron chi connectivity index (χ3n) is 4.78. The number of aromatic nitrogens is 1. The summed E-state index contributed by atoms with van der Waals surface area (Å²) in [6, 6.07) is 9.21. The number of amides is 1. The van der Waals surface area contributed by atoms with Crippen molar-refractivity contribution in [2.45, 2.75) is 17.9 Å². The average Bonchev–Trinajstić information content (AvgIpc) is 3.17. The number of sulfonamides is 1. The fraction of sp³-hybridized carbons (Fsp3) is 0.300. The molecule has 31 heavy (non-hydrogen) atoms. The van der Waals surface area contributed by atoms with E-state index in [1.807, 2.05) is 0 Å². The van der Waals surface area contributed by atoms with E-state index in [9.17, 15) is 17.6 Å². The predicted octanol–water partition coefficient (Wildman–Crippen LogP) is 2.58. The van der Waals surface area contributed by atoms with Crippen LogP contribution in [0.1, 0.15) is 6.92 Å². The summed E-state index contributed by atoms with van der Waals surface area (Å²) in [6.07, 6.45) is 0. The van der Waals surface area contributed by atoms with Crippen molar-refractivity contribution in [2.75, 3.05) is 36.5 Å². The highest BCUT2D eigenvalue weighted by Crippen LogP contribution is 2.31. The normalized spacial score (nSPS) is 15.7. The molecule has 0 bridgehead atoms. The molecule has 0 spiro atoms. The van der Waals surface area contributed by atoms with E-state index in [0.29, 0.717) is 18.9 Å². The Hall–Kier alpha value is -2.60. The summed E-state index contributed by atoms with van der Waals surface area (Å²) in [4.78, 5) is 18.8. The lowest BCUT2D eigenvalue weighted by Crippen LogP contribution is -2.41. The van der Waals surface area contributed by atoms with Crippen molar-refractivity contribution in [3.63, 3.8) is 0 Å². The monoisotopic (exact) mass is 464 g/mol. The first-order valence-corrected chi connectivity index (χ1v) is 11.9. The summed E-state index contributed by atoms with van der Waals surface area (Å²) in [7, 11) is -4.18. The smallest absolute Gasteiger partial charge is 0.244 e. The van der Waals surface area contributed by atoms with Crippen LogP contribution in [0.15, 0.2) is 47.4 Å². The van der Waals surface area contributed by atoms with Crippen molar-refractivity contribution in [1.29, 1.82) is 0 Å². The second-order valence-electron chi connectivity index (χ2n) is 7.04. The van der Waals surface area contributed by atoms with Gasteiger partial charge in [-0.05, 0) is 37.3 Å². The number of halogens is 1. The number of nitrogens with zero attached hydrogens (tertiary/aromatic N) is 2. The summed E-state index contributed by atoms with van der Waals surface area (Å²) < 4.78 is 47.1. The van der Waals surface area contributed by atoms with Crippen LogP contribution in [-0.4, -0.2) is 51.7 Å². The van der Waals surface area contributed by atoms with Crippen molar-refractivity contribution in [3.8, 4) is 0 Å². The van der Waals surface area contributed by atoms with E-state index < -0.39 is 32.7 Å². The minimum absolute atomic E-state index is 0.503. The summed E-state index contributed by atoms with van der Waals surface area (Å²) in [5.74, 6) is -1.44. The molecule has 0 saturated carbocycles. The SMILES string of the molecule is C[C@H](NS(=O)(=O)c1ccccc1F)C(=O)Nc1ccc2nc(N3CCOCC3)sc2c1. The molecule has 1 aliphatic heterocycles. The predicted molar refractivity (Wildman–Crippen MR) is 117 cm³/mol. The molecule has 0 radical (unpaired) electrons. The zero-order chi connectivity index (χ0) is 22.0. The van der Waals surface area contributed by atoms with Crippen LogP contribution >= 0.6 is 11.3 Å². The Morgan fingerprint density at radius 2 is 1.97 bits per heavy atom. The second-order valence-corrected chi connectivity index (χ2v) is 9.73. The van der Waals surface area contributed by atoms with Gasteiger partial charge < -0.3 is 15.0 Å². The third-order valence-corrected chi connectivity index (χ3v) is 7.43. The lowest BCUT2D eigenvalue weighted by atomic mass is 10.2. The van der Waals surface area contributed by atoms with Gasteiger partial charge in [0.05, 0.1) is 29.5 Å². The Morgan fingerprint density at radius 3 is 2.71 bits per heavy atom. The Morgan fingerprint density at radius 1 is 1.23 bits per heavy atom. The molecular weight excluding hydrogens is 443 g/mol. The summed E-state index contributed by atoms with van der Waals surface area (Å²) in [5, 5.41) is 3.59. The lowest BCUT2D eigenvalue weighted by Gasteiger charge is -2.25. The summed E-state index contributed by atoms with van der Waals surface area (Å²) in [6.45, 7) is 4.29. The van der Waals surface area contributed by atoms with Crippen LogP contribution in [0.2, 0.25) is 0 Å². The van der Waals surface area contributed by atoms with Crippen LogP contribution in [0.25, 0.3) is 10.2 Å². The van der Waals surface area contributed by atoms with Crippen LogP contribution in [0.3, 0.4) is 0 Å². The van der Waals surface area contributed by atoms with Crippen LogP contribution in [0.4, 0.5) is 15.2 Å². The van der Waals surface area contributed by atoms with E-state index in [4.69, 9.17) is 4.74 Å². The second kappa shape index (κ2) is 8.87. The molecule has 1 aliphatic rings. The molecule has 11 heteroatoms. The van der Waals surface area contributed by atoms with Gasteiger partial charge in [0.1, 0.15) is 10.7 Å². The van der Waals surface area contributed by atoms with Gasteiger partial charge in [-0.1, -0.05) is 23.5 Å². The van der Waals surface area contributed by atoms with E-state index in [1.165, 1.54) is 30.4 Å². The molecule has 164 valence electrons. The number of morpholine rings is 1. The van der Waals surface area contributed by atoms with E-state index in [2.05, 4.69) is 19.9 Å². The standard InChI is InChI=1S/C20H21FN4O4S2/c1-13(24-31(27,28)18-5-3-2-4-15(18)21)19(26)22-14-6-7-16-17(12-14)30-20(23-16)25-8-10-29-11-9-25/h2-7,12-13,24H,8-11H2,1H3,(H,22,26)/t13-/m0/s1. The Bertz CT molecular complexity index is 1210. The van der Waals surface area contributed by atoms with Crippen molar-refractivity contribution >= 4 is 48.3 Å². The van der Waals surface area contributed by atoms with Gasteiger partial charge in [0, 0.05) is 18.8 Å². The van der Waals surface area contributed by atoms with Crippen molar-refractivity contribution in [2.24, 2.45) is 0 Å². The number of hydrogen-bond donors (Lipinski definition) is 2. The highest BCUT2D eigenvalue weighted by Gasteiger charge is 2.24. The van der Waals surface area contributed by atoms with Crippen LogP contribution < -0.4 is 14.9 Å². The van der Waals surface area contributed by atoms with Crippen molar-refractivity contribution in [1.82, 2.24) is 9.71 Å². The maximum absolute atomic E-state index is 13.8. The number of carbonyl (C=O) groups is 1. The molecule has 0 aliphatic carbocycles. The first kappa shape index (κ1) is 21.6. The lowest BCUT2D eigenvalue weighted by molar-refractivity contribution is -0.117. The Kier molecular flexibility index (Phi) is 6.19. The number of rotatable bonds is 6. The summed E-state index contributed by atoms with van der Waals surface area (Å²) >= 11 is 1.52. The summed E-state index contributed by atoms with van der Waals surface area (Å²) in [5.41, 5.74) is 1.34. The molecule has 8 nitrogen and oxygen atoms in total. The van der Waals surface area contributed by atoms with Crippen molar-refractivity contribution < 1.29 is 22.3 Å². The van der Waals surface area contributed by atoms with Gasteiger partial charge in [-0.2, -0.15) is 4.72 Å². The average molecular weight is 465 g/mol. The van der Waals surface area contributed by atoms with Crippen LogP contribution in [0, 0.1) is 5.82 Å². The van der Waals surface area contributed by atoms with Gasteiger partial charge in [-0.25, -0.2) is 17.8 Å². The molecule has 0 unspecified atom stereocenters. The van der Waals surface area contributed by atoms with Gasteiger partial charge in [-0.15, -0.1) is 0 Å². The molecule has 2 N–H and O–H groups in total. The fourth-order valence-electron chi connectivity index (χ4n) is 3.14. The fourth-order valence-corrected chi connectivity index (χ4v) is 5.48. The first-order chi connectivity index (χ1) is 14.8. The van der Waals surface area contributed by atoms with Gasteiger partial charge >= 0.3 is 0 Å². The Labute approximate surface area is 183 Å². The number of nitrogens with one attached hydrogen (secondary N) is 2. The molecule has 2 heterocycles. The van der Waals surface area contributed by atoms with Crippen LogP contribution in [-0.2, 0) is 19.6 Å². The molecule has 1 atom stereocenters. The molecule has 2 aromatic carbocycles. The maximum Gasteiger partial charge on any atom is 0.244 e. The topological polar surface area (TPSA) is 101 Å². The quantitative estimate of drug-likeness (QED) is 0.582. The number of thiazole rings is 1. The van der Waals surface area contributed by atoms with Crippen molar-refractivity contribution in [3.05, 3.63) is 48.3 Å². The molecule has 3 aromatic rings. The number of hydrogen-bond acceptors (Lipinski definition) is 7. The highest BCUT2D eigenvalue weighted by molar-refractivity contribution is 7.89. The zero-order valence-corrected chi connectivity index (χ0v) is 18.3. The minimum Gasteiger partial charge on any atom is -0.378 e. The van der Waals surface area contributed by atoms with E-state index >= 15 is 0 Å². The molecule has 4 rings (SSSR count). The molecule has 1 amide bonds. The minimum atomic E-state index is -4.18.